The maximum absolute atomic E-state index is 12.5. The molecule has 0 unspecified atom stereocenters. The highest BCUT2D eigenvalue weighted by Gasteiger charge is 2.15. The number of aryl methyl sites for hydroxylation is 3. The van der Waals surface area contributed by atoms with E-state index in [1.165, 1.54) is 0 Å². The van der Waals surface area contributed by atoms with E-state index in [0.29, 0.717) is 5.56 Å². The van der Waals surface area contributed by atoms with Crippen LogP contribution in [0.4, 0.5) is 0 Å². The lowest BCUT2D eigenvalue weighted by atomic mass is 10.1. The molecule has 0 aliphatic rings. The van der Waals surface area contributed by atoms with Crippen molar-refractivity contribution in [2.75, 3.05) is 0 Å². The van der Waals surface area contributed by atoms with Crippen LogP contribution in [0.1, 0.15) is 39.9 Å². The van der Waals surface area contributed by atoms with Gasteiger partial charge in [0.1, 0.15) is 5.65 Å². The van der Waals surface area contributed by atoms with Crippen molar-refractivity contribution in [1.29, 1.82) is 0 Å². The average Bonchev–Trinajstić information content (AvgIpc) is 3.05. The van der Waals surface area contributed by atoms with Crippen LogP contribution in [0.5, 0.6) is 0 Å². The number of carbonyl (C=O) groups excluding carboxylic acids is 1. The van der Waals surface area contributed by atoms with Gasteiger partial charge in [-0.2, -0.15) is 5.10 Å². The van der Waals surface area contributed by atoms with Gasteiger partial charge in [0.2, 0.25) is 0 Å². The molecule has 3 rings (SSSR count). The molecule has 0 aromatic carbocycles. The van der Waals surface area contributed by atoms with Gasteiger partial charge in [-0.15, -0.1) is 0 Å². The second kappa shape index (κ2) is 5.83. The van der Waals surface area contributed by atoms with Crippen LogP contribution in [0.15, 0.2) is 30.6 Å². The zero-order chi connectivity index (χ0) is 16.6. The molecule has 0 fully saturated rings. The predicted molar refractivity (Wildman–Crippen MR) is 90.7 cm³/mol. The third-order valence-corrected chi connectivity index (χ3v) is 4.03. The van der Waals surface area contributed by atoms with E-state index in [-0.39, 0.29) is 5.78 Å². The molecule has 0 aliphatic carbocycles. The third-order valence-electron chi connectivity index (χ3n) is 4.03. The Morgan fingerprint density at radius 2 is 2.09 bits per heavy atom. The Hall–Kier alpha value is -2.69. The molecule has 0 saturated carbocycles. The van der Waals surface area contributed by atoms with E-state index < -0.39 is 0 Å². The Bertz CT molecular complexity index is 915. The number of fused-ring (bicyclic) bond motifs is 1. The monoisotopic (exact) mass is 308 g/mol. The summed E-state index contributed by atoms with van der Waals surface area (Å²) in [7, 11) is 0. The van der Waals surface area contributed by atoms with Crippen molar-refractivity contribution in [2.45, 2.75) is 34.2 Å². The molecule has 0 aliphatic heterocycles. The molecule has 0 atom stereocenters. The van der Waals surface area contributed by atoms with Crippen LogP contribution in [0, 0.1) is 20.8 Å². The van der Waals surface area contributed by atoms with Crippen LogP contribution in [0.2, 0.25) is 0 Å². The SMILES string of the molecule is CCn1nc(C)c(C(=O)/C=C/c2cnc3cc(C)ccn23)c1C. The van der Waals surface area contributed by atoms with Gasteiger partial charge in [0.05, 0.1) is 23.1 Å². The van der Waals surface area contributed by atoms with Gasteiger partial charge in [0, 0.05) is 18.4 Å². The fourth-order valence-corrected chi connectivity index (χ4v) is 2.83. The zero-order valence-electron chi connectivity index (χ0n) is 13.9. The van der Waals surface area contributed by atoms with Gasteiger partial charge >= 0.3 is 0 Å². The Labute approximate surface area is 135 Å². The maximum atomic E-state index is 12.5. The lowest BCUT2D eigenvalue weighted by Gasteiger charge is -2.00. The van der Waals surface area contributed by atoms with E-state index in [0.717, 1.165) is 34.8 Å². The van der Waals surface area contributed by atoms with Gasteiger partial charge < -0.3 is 4.40 Å². The molecule has 5 heteroatoms. The summed E-state index contributed by atoms with van der Waals surface area (Å²) in [5, 5.41) is 4.40. The smallest absolute Gasteiger partial charge is 0.189 e. The highest BCUT2D eigenvalue weighted by atomic mass is 16.1. The standard InChI is InChI=1S/C18H20N4O/c1-5-22-14(4)18(13(3)20-22)16(23)7-6-15-11-19-17-10-12(2)8-9-21(15)17/h6-11H,5H2,1-4H3/b7-6+. The highest BCUT2D eigenvalue weighted by Crippen LogP contribution is 2.16. The van der Waals surface area contributed by atoms with E-state index in [1.807, 2.05) is 55.1 Å². The van der Waals surface area contributed by atoms with Gasteiger partial charge in [-0.3, -0.25) is 9.48 Å². The molecule has 3 aromatic heterocycles. The van der Waals surface area contributed by atoms with Crippen LogP contribution < -0.4 is 0 Å². The lowest BCUT2D eigenvalue weighted by Crippen LogP contribution is -2.02. The molecule has 0 N–H and O–H groups in total. The molecule has 0 radical (unpaired) electrons. The van der Waals surface area contributed by atoms with Crippen LogP contribution in [0.25, 0.3) is 11.7 Å². The number of hydrogen-bond donors (Lipinski definition) is 0. The summed E-state index contributed by atoms with van der Waals surface area (Å²) in [6.45, 7) is 8.61. The Balaban J connectivity index is 1.93. The van der Waals surface area contributed by atoms with Gasteiger partial charge in [-0.1, -0.05) is 0 Å². The predicted octanol–water partition coefficient (Wildman–Crippen LogP) is 3.37. The first-order valence-electron chi connectivity index (χ1n) is 7.71. The van der Waals surface area contributed by atoms with E-state index in [9.17, 15) is 4.79 Å². The number of pyridine rings is 1. The number of aromatic nitrogens is 4. The highest BCUT2D eigenvalue weighted by molar-refractivity contribution is 6.08. The first kappa shape index (κ1) is 15.2. The van der Waals surface area contributed by atoms with Crippen molar-refractivity contribution in [1.82, 2.24) is 19.2 Å². The Morgan fingerprint density at radius 1 is 1.30 bits per heavy atom. The van der Waals surface area contributed by atoms with Crippen LogP contribution in [0.3, 0.4) is 0 Å². The van der Waals surface area contributed by atoms with Crippen molar-refractivity contribution in [2.24, 2.45) is 0 Å². The summed E-state index contributed by atoms with van der Waals surface area (Å²) in [6, 6.07) is 4.03. The quantitative estimate of drug-likeness (QED) is 0.548. The minimum atomic E-state index is -0.0261. The molecule has 0 bridgehead atoms. The Kier molecular flexibility index (Phi) is 3.86. The molecule has 118 valence electrons. The molecular weight excluding hydrogens is 288 g/mol. The fraction of sp³-hybridized carbons (Fsp3) is 0.278. The minimum absolute atomic E-state index is 0.0261. The van der Waals surface area contributed by atoms with Gasteiger partial charge in [0.25, 0.3) is 0 Å². The summed E-state index contributed by atoms with van der Waals surface area (Å²) >= 11 is 0. The normalized spacial score (nSPS) is 11.7. The third kappa shape index (κ3) is 2.70. The van der Waals surface area contributed by atoms with Crippen molar-refractivity contribution < 1.29 is 4.79 Å². The summed E-state index contributed by atoms with van der Waals surface area (Å²) in [5.74, 6) is -0.0261. The molecule has 0 spiro atoms. The second-order valence-corrected chi connectivity index (χ2v) is 5.67. The first-order valence-corrected chi connectivity index (χ1v) is 7.71. The van der Waals surface area contributed by atoms with E-state index in [4.69, 9.17) is 0 Å². The van der Waals surface area contributed by atoms with Crippen LogP contribution in [-0.2, 0) is 6.54 Å². The number of ketones is 1. The summed E-state index contributed by atoms with van der Waals surface area (Å²) in [6.07, 6.45) is 7.14. The minimum Gasteiger partial charge on any atom is -0.300 e. The number of nitrogens with zero attached hydrogens (tertiary/aromatic N) is 4. The summed E-state index contributed by atoms with van der Waals surface area (Å²) < 4.78 is 3.82. The van der Waals surface area contributed by atoms with Gasteiger partial charge in [-0.05, 0) is 57.5 Å². The van der Waals surface area contributed by atoms with Crippen molar-refractivity contribution in [3.8, 4) is 0 Å². The molecule has 23 heavy (non-hydrogen) atoms. The van der Waals surface area contributed by atoms with Crippen molar-refractivity contribution >= 4 is 17.5 Å². The van der Waals surface area contributed by atoms with Crippen LogP contribution >= 0.6 is 0 Å². The summed E-state index contributed by atoms with van der Waals surface area (Å²) in [4.78, 5) is 16.9. The number of hydrogen-bond acceptors (Lipinski definition) is 3. The first-order chi connectivity index (χ1) is 11.0. The van der Waals surface area contributed by atoms with Gasteiger partial charge in [0.15, 0.2) is 5.78 Å². The lowest BCUT2D eigenvalue weighted by molar-refractivity contribution is 0.104. The fourth-order valence-electron chi connectivity index (χ4n) is 2.83. The summed E-state index contributed by atoms with van der Waals surface area (Å²) in [5.41, 5.74) is 5.29. The Morgan fingerprint density at radius 3 is 2.78 bits per heavy atom. The topological polar surface area (TPSA) is 52.2 Å². The zero-order valence-corrected chi connectivity index (χ0v) is 13.9. The van der Waals surface area contributed by atoms with E-state index >= 15 is 0 Å². The molecule has 5 nitrogen and oxygen atoms in total. The largest absolute Gasteiger partial charge is 0.300 e. The van der Waals surface area contributed by atoms with Crippen molar-refractivity contribution in [3.63, 3.8) is 0 Å². The molecule has 0 amide bonds. The molecule has 3 aromatic rings. The van der Waals surface area contributed by atoms with E-state index in [2.05, 4.69) is 10.1 Å². The molecule has 0 saturated heterocycles. The molecule has 3 heterocycles. The van der Waals surface area contributed by atoms with Crippen LogP contribution in [-0.4, -0.2) is 24.9 Å². The number of imidazole rings is 1. The number of rotatable bonds is 4. The maximum Gasteiger partial charge on any atom is 0.189 e. The van der Waals surface area contributed by atoms with E-state index in [1.54, 1.807) is 18.3 Å². The average molecular weight is 308 g/mol. The van der Waals surface area contributed by atoms with Crippen molar-refractivity contribution in [3.05, 3.63) is 58.8 Å². The number of carbonyl (C=O) groups is 1. The molecular formula is C18H20N4O. The second-order valence-electron chi connectivity index (χ2n) is 5.67. The number of allylic oxidation sites excluding steroid dienone is 1. The van der Waals surface area contributed by atoms with Gasteiger partial charge in [-0.25, -0.2) is 4.98 Å².